The van der Waals surface area contributed by atoms with E-state index in [1.54, 1.807) is 7.11 Å². The molecule has 0 radical (unpaired) electrons. The highest BCUT2D eigenvalue weighted by Gasteiger charge is 2.33. The number of aryl methyl sites for hydroxylation is 1. The number of anilines is 1. The summed E-state index contributed by atoms with van der Waals surface area (Å²) in [5, 5.41) is 3.04. The van der Waals surface area contributed by atoms with Gasteiger partial charge in [-0.05, 0) is 50.3 Å². The van der Waals surface area contributed by atoms with Gasteiger partial charge >= 0.3 is 0 Å². The Morgan fingerprint density at radius 1 is 1.26 bits per heavy atom. The summed E-state index contributed by atoms with van der Waals surface area (Å²) in [5.74, 6) is 0.894. The van der Waals surface area contributed by atoms with E-state index in [0.717, 1.165) is 35.4 Å². The molecule has 1 amide bonds. The lowest BCUT2D eigenvalue weighted by atomic mass is 9.71. The van der Waals surface area contributed by atoms with E-state index in [9.17, 15) is 4.79 Å². The highest BCUT2D eigenvalue weighted by molar-refractivity contribution is 5.92. The summed E-state index contributed by atoms with van der Waals surface area (Å²) in [6.45, 7) is 4.57. The summed E-state index contributed by atoms with van der Waals surface area (Å²) in [4.78, 5) is 12.5. The van der Waals surface area contributed by atoms with Crippen molar-refractivity contribution in [2.24, 2.45) is 11.1 Å². The molecule has 0 heterocycles. The second-order valence-electron chi connectivity index (χ2n) is 6.58. The zero-order valence-corrected chi connectivity index (χ0v) is 15.2. The van der Waals surface area contributed by atoms with E-state index < -0.39 is 0 Å². The Morgan fingerprint density at radius 2 is 1.91 bits per heavy atom. The minimum atomic E-state index is -0.00891. The molecule has 130 valence electrons. The van der Waals surface area contributed by atoms with Crippen LogP contribution >= 0.6 is 12.4 Å². The molecule has 0 unspecified atom stereocenters. The molecular formula is C18H29ClN2O2. The number of halogens is 1. The van der Waals surface area contributed by atoms with E-state index in [0.29, 0.717) is 13.0 Å². The van der Waals surface area contributed by atoms with E-state index in [4.69, 9.17) is 10.5 Å². The number of benzene rings is 1. The number of methoxy groups -OCH3 is 1. The number of nitrogens with one attached hydrogen (secondary N) is 1. The van der Waals surface area contributed by atoms with E-state index in [1.807, 2.05) is 26.0 Å². The van der Waals surface area contributed by atoms with Gasteiger partial charge in [-0.1, -0.05) is 25.3 Å². The first kappa shape index (κ1) is 19.8. The Hall–Kier alpha value is -1.26. The molecular weight excluding hydrogens is 312 g/mol. The number of hydrogen-bond donors (Lipinski definition) is 2. The first-order valence-electron chi connectivity index (χ1n) is 8.15. The SMILES string of the molecule is COc1c(C)ccc(NC(=O)CC2(CN)CCCCC2)c1C.Cl. The van der Waals surface area contributed by atoms with Crippen molar-refractivity contribution in [3.05, 3.63) is 23.3 Å². The van der Waals surface area contributed by atoms with Crippen LogP contribution in [0.5, 0.6) is 5.75 Å². The van der Waals surface area contributed by atoms with Crippen molar-refractivity contribution in [2.45, 2.75) is 52.4 Å². The molecule has 0 bridgehead atoms. The van der Waals surface area contributed by atoms with Crippen LogP contribution in [0.2, 0.25) is 0 Å². The normalized spacial score (nSPS) is 16.3. The first-order chi connectivity index (χ1) is 10.5. The molecule has 2 rings (SSSR count). The maximum Gasteiger partial charge on any atom is 0.224 e. The average Bonchev–Trinajstić information content (AvgIpc) is 2.51. The molecule has 0 spiro atoms. The fourth-order valence-electron chi connectivity index (χ4n) is 3.57. The summed E-state index contributed by atoms with van der Waals surface area (Å²) in [6, 6.07) is 3.92. The third-order valence-corrected chi connectivity index (χ3v) is 4.96. The zero-order valence-electron chi connectivity index (χ0n) is 14.4. The van der Waals surface area contributed by atoms with Gasteiger partial charge in [0.05, 0.1) is 7.11 Å². The first-order valence-corrected chi connectivity index (χ1v) is 8.15. The largest absolute Gasteiger partial charge is 0.496 e. The van der Waals surface area contributed by atoms with Crippen molar-refractivity contribution in [3.63, 3.8) is 0 Å². The molecule has 1 aromatic carbocycles. The number of carbonyl (C=O) groups excluding carboxylic acids is 1. The van der Waals surface area contributed by atoms with Crippen LogP contribution in [0.1, 0.15) is 49.7 Å². The van der Waals surface area contributed by atoms with E-state index >= 15 is 0 Å². The van der Waals surface area contributed by atoms with Crippen molar-refractivity contribution in [1.29, 1.82) is 0 Å². The minimum absolute atomic E-state index is 0. The van der Waals surface area contributed by atoms with Crippen molar-refractivity contribution in [3.8, 4) is 5.75 Å². The quantitative estimate of drug-likeness (QED) is 0.852. The van der Waals surface area contributed by atoms with Crippen molar-refractivity contribution < 1.29 is 9.53 Å². The monoisotopic (exact) mass is 340 g/mol. The van der Waals surface area contributed by atoms with Crippen LogP contribution in [0.25, 0.3) is 0 Å². The molecule has 0 atom stereocenters. The number of rotatable bonds is 5. The molecule has 1 aliphatic carbocycles. The molecule has 1 aromatic rings. The molecule has 4 nitrogen and oxygen atoms in total. The van der Waals surface area contributed by atoms with Gasteiger partial charge in [0.1, 0.15) is 5.75 Å². The van der Waals surface area contributed by atoms with Crippen LogP contribution in [0, 0.1) is 19.3 Å². The third-order valence-electron chi connectivity index (χ3n) is 4.96. The lowest BCUT2D eigenvalue weighted by Gasteiger charge is -2.35. The number of hydrogen-bond acceptors (Lipinski definition) is 3. The second-order valence-corrected chi connectivity index (χ2v) is 6.58. The third kappa shape index (κ3) is 4.61. The predicted molar refractivity (Wildman–Crippen MR) is 97.5 cm³/mol. The predicted octanol–water partition coefficient (Wildman–Crippen LogP) is 3.97. The van der Waals surface area contributed by atoms with Gasteiger partial charge in [-0.15, -0.1) is 12.4 Å². The van der Waals surface area contributed by atoms with Crippen LogP contribution in [-0.4, -0.2) is 19.6 Å². The molecule has 1 fully saturated rings. The molecule has 3 N–H and O–H groups in total. The highest BCUT2D eigenvalue weighted by Crippen LogP contribution is 2.39. The van der Waals surface area contributed by atoms with Crippen LogP contribution in [0.4, 0.5) is 5.69 Å². The molecule has 0 aliphatic heterocycles. The Kier molecular flexibility index (Phi) is 7.36. The summed E-state index contributed by atoms with van der Waals surface area (Å²) in [7, 11) is 1.66. The van der Waals surface area contributed by atoms with Crippen molar-refractivity contribution in [2.75, 3.05) is 19.0 Å². The number of ether oxygens (including phenoxy) is 1. The molecule has 0 saturated heterocycles. The lowest BCUT2D eigenvalue weighted by Crippen LogP contribution is -2.36. The van der Waals surface area contributed by atoms with E-state index in [-0.39, 0.29) is 23.7 Å². The van der Waals surface area contributed by atoms with Crippen LogP contribution in [-0.2, 0) is 4.79 Å². The Balaban J connectivity index is 0.00000264. The average molecular weight is 341 g/mol. The van der Waals surface area contributed by atoms with Gasteiger partial charge in [0.15, 0.2) is 0 Å². The fraction of sp³-hybridized carbons (Fsp3) is 0.611. The zero-order chi connectivity index (χ0) is 16.2. The highest BCUT2D eigenvalue weighted by atomic mass is 35.5. The Bertz CT molecular complexity index is 540. The van der Waals surface area contributed by atoms with Crippen LogP contribution in [0.3, 0.4) is 0 Å². The second kappa shape index (κ2) is 8.55. The molecule has 0 aromatic heterocycles. The molecule has 1 aliphatic rings. The van der Waals surface area contributed by atoms with Gasteiger partial charge in [0, 0.05) is 17.7 Å². The number of carbonyl (C=O) groups is 1. The maximum atomic E-state index is 12.5. The standard InChI is InChI=1S/C18H28N2O2.ClH/c1-13-7-8-15(14(2)17(13)22-3)20-16(21)11-18(12-19)9-5-4-6-10-18;/h7-8H,4-6,9-12,19H2,1-3H3,(H,20,21);1H. The topological polar surface area (TPSA) is 64.3 Å². The van der Waals surface area contributed by atoms with Gasteiger partial charge in [-0.25, -0.2) is 0 Å². The molecule has 1 saturated carbocycles. The summed E-state index contributed by atoms with van der Waals surface area (Å²) in [5.41, 5.74) is 8.84. The summed E-state index contributed by atoms with van der Waals surface area (Å²) in [6.07, 6.45) is 6.26. The van der Waals surface area contributed by atoms with E-state index in [2.05, 4.69) is 5.32 Å². The molecule has 23 heavy (non-hydrogen) atoms. The molecule has 5 heteroatoms. The van der Waals surface area contributed by atoms with Crippen molar-refractivity contribution >= 4 is 24.0 Å². The van der Waals surface area contributed by atoms with Crippen molar-refractivity contribution in [1.82, 2.24) is 0 Å². The summed E-state index contributed by atoms with van der Waals surface area (Å²) >= 11 is 0. The van der Waals surface area contributed by atoms with Crippen LogP contribution < -0.4 is 15.8 Å². The van der Waals surface area contributed by atoms with Gasteiger partial charge in [0.25, 0.3) is 0 Å². The maximum absolute atomic E-state index is 12.5. The van der Waals surface area contributed by atoms with Gasteiger partial charge < -0.3 is 15.8 Å². The lowest BCUT2D eigenvalue weighted by molar-refractivity contribution is -0.118. The van der Waals surface area contributed by atoms with Gasteiger partial charge in [0.2, 0.25) is 5.91 Å². The smallest absolute Gasteiger partial charge is 0.224 e. The van der Waals surface area contributed by atoms with Crippen LogP contribution in [0.15, 0.2) is 12.1 Å². The fourth-order valence-corrected chi connectivity index (χ4v) is 3.57. The Morgan fingerprint density at radius 3 is 2.48 bits per heavy atom. The minimum Gasteiger partial charge on any atom is -0.496 e. The van der Waals surface area contributed by atoms with E-state index in [1.165, 1.54) is 19.3 Å². The Labute approximate surface area is 145 Å². The number of amides is 1. The number of nitrogens with two attached hydrogens (primary N) is 1. The van der Waals surface area contributed by atoms with Gasteiger partial charge in [-0.3, -0.25) is 4.79 Å². The summed E-state index contributed by atoms with van der Waals surface area (Å²) < 4.78 is 5.42. The van der Waals surface area contributed by atoms with Gasteiger partial charge in [-0.2, -0.15) is 0 Å².